The molecule has 68 valence electrons. The van der Waals surface area contributed by atoms with Gasteiger partial charge >= 0.3 is 6.18 Å². The van der Waals surface area contributed by atoms with Crippen molar-refractivity contribution in [1.29, 1.82) is 0 Å². The third kappa shape index (κ3) is 5.01. The smallest absolute Gasteiger partial charge is 0.320 e. The van der Waals surface area contributed by atoms with Gasteiger partial charge in [-0.2, -0.15) is 13.2 Å². The van der Waals surface area contributed by atoms with Crippen LogP contribution in [0.3, 0.4) is 0 Å². The van der Waals surface area contributed by atoms with Gasteiger partial charge in [-0.05, 0) is 13.8 Å². The first kappa shape index (κ1) is 10.7. The zero-order valence-corrected chi connectivity index (χ0v) is 6.37. The first-order valence-corrected chi connectivity index (χ1v) is 3.14. The molecular weight excluding hydrogens is 162 g/mol. The van der Waals surface area contributed by atoms with Crippen molar-refractivity contribution in [3.05, 3.63) is 0 Å². The van der Waals surface area contributed by atoms with Gasteiger partial charge in [0.1, 0.15) is 11.7 Å². The summed E-state index contributed by atoms with van der Waals surface area (Å²) in [6.07, 6.45) is -5.19. The van der Waals surface area contributed by atoms with Gasteiger partial charge in [0, 0.05) is 6.42 Å². The number of halogens is 4. The molecule has 0 rings (SSSR count). The van der Waals surface area contributed by atoms with E-state index in [4.69, 9.17) is 0 Å². The molecular formula is C6H11F4N. The van der Waals surface area contributed by atoms with Gasteiger partial charge < -0.3 is 5.73 Å². The van der Waals surface area contributed by atoms with Crippen molar-refractivity contribution < 1.29 is 17.6 Å². The Balaban J connectivity index is 3.99. The minimum absolute atomic E-state index is 0.698. The summed E-state index contributed by atoms with van der Waals surface area (Å²) in [5.41, 5.74) is 2.81. The van der Waals surface area contributed by atoms with Crippen molar-refractivity contribution in [3.63, 3.8) is 0 Å². The Kier molecular flexibility index (Phi) is 2.88. The van der Waals surface area contributed by atoms with E-state index in [0.29, 0.717) is 0 Å². The molecule has 0 aromatic carbocycles. The van der Waals surface area contributed by atoms with E-state index in [1.807, 2.05) is 0 Å². The molecule has 5 heteroatoms. The normalized spacial score (nSPS) is 16.6. The van der Waals surface area contributed by atoms with Crippen molar-refractivity contribution in [2.75, 3.05) is 0 Å². The fourth-order valence-corrected chi connectivity index (χ4v) is 0.639. The maximum Gasteiger partial charge on any atom is 0.403 e. The third-order valence-corrected chi connectivity index (χ3v) is 1.13. The molecule has 0 heterocycles. The molecule has 0 saturated heterocycles. The highest BCUT2D eigenvalue weighted by Crippen LogP contribution is 2.26. The SMILES string of the molecule is CC(C)(F)CC(N)C(F)(F)F. The number of nitrogens with two attached hydrogens (primary N) is 1. The highest BCUT2D eigenvalue weighted by atomic mass is 19.4. The Morgan fingerprint density at radius 3 is 1.64 bits per heavy atom. The number of hydrogen-bond donors (Lipinski definition) is 1. The van der Waals surface area contributed by atoms with Gasteiger partial charge in [0.15, 0.2) is 0 Å². The molecule has 0 aliphatic rings. The Bertz CT molecular complexity index is 124. The van der Waals surface area contributed by atoms with Gasteiger partial charge in [-0.15, -0.1) is 0 Å². The molecule has 0 aliphatic heterocycles. The summed E-state index contributed by atoms with van der Waals surface area (Å²) in [7, 11) is 0. The van der Waals surface area contributed by atoms with Crippen molar-refractivity contribution in [2.45, 2.75) is 38.2 Å². The van der Waals surface area contributed by atoms with Crippen LogP contribution in [0.2, 0.25) is 0 Å². The Morgan fingerprint density at radius 1 is 1.18 bits per heavy atom. The number of rotatable bonds is 2. The second-order valence-electron chi connectivity index (χ2n) is 3.07. The van der Waals surface area contributed by atoms with Crippen LogP contribution in [0.1, 0.15) is 20.3 Å². The Labute approximate surface area is 62.6 Å². The van der Waals surface area contributed by atoms with Crippen molar-refractivity contribution >= 4 is 0 Å². The lowest BCUT2D eigenvalue weighted by molar-refractivity contribution is -0.154. The summed E-state index contributed by atoms with van der Waals surface area (Å²) in [5, 5.41) is 0. The van der Waals surface area contributed by atoms with Crippen LogP contribution >= 0.6 is 0 Å². The fraction of sp³-hybridized carbons (Fsp3) is 1.00. The van der Waals surface area contributed by atoms with Crippen LogP contribution in [0, 0.1) is 0 Å². The molecule has 0 aromatic rings. The average molecular weight is 173 g/mol. The van der Waals surface area contributed by atoms with E-state index in [2.05, 4.69) is 5.73 Å². The van der Waals surface area contributed by atoms with Gasteiger partial charge in [0.25, 0.3) is 0 Å². The Morgan fingerprint density at radius 2 is 1.55 bits per heavy atom. The van der Waals surface area contributed by atoms with Crippen molar-refractivity contribution in [1.82, 2.24) is 0 Å². The van der Waals surface area contributed by atoms with Crippen LogP contribution in [0.25, 0.3) is 0 Å². The van der Waals surface area contributed by atoms with E-state index in [0.717, 1.165) is 13.8 Å². The number of alkyl halides is 4. The monoisotopic (exact) mass is 173 g/mol. The highest BCUT2D eigenvalue weighted by Gasteiger charge is 2.39. The Hall–Kier alpha value is -0.320. The van der Waals surface area contributed by atoms with Crippen LogP contribution in [0.4, 0.5) is 17.6 Å². The van der Waals surface area contributed by atoms with Gasteiger partial charge in [-0.25, -0.2) is 4.39 Å². The molecule has 0 saturated carbocycles. The first-order chi connectivity index (χ1) is 4.63. The third-order valence-electron chi connectivity index (χ3n) is 1.13. The fourth-order valence-electron chi connectivity index (χ4n) is 0.639. The van der Waals surface area contributed by atoms with Crippen LogP contribution < -0.4 is 5.73 Å². The molecule has 0 aromatic heterocycles. The maximum absolute atomic E-state index is 12.6. The van der Waals surface area contributed by atoms with E-state index in [9.17, 15) is 17.6 Å². The molecule has 0 bridgehead atoms. The topological polar surface area (TPSA) is 26.0 Å². The zero-order chi connectivity index (χ0) is 9.28. The van der Waals surface area contributed by atoms with E-state index < -0.39 is 24.3 Å². The maximum atomic E-state index is 12.6. The van der Waals surface area contributed by atoms with E-state index in [-0.39, 0.29) is 0 Å². The van der Waals surface area contributed by atoms with Crippen LogP contribution in [0.5, 0.6) is 0 Å². The summed E-state index contributed by atoms with van der Waals surface area (Å²) < 4.78 is 47.7. The lowest BCUT2D eigenvalue weighted by Crippen LogP contribution is -2.41. The van der Waals surface area contributed by atoms with Crippen LogP contribution in [-0.4, -0.2) is 17.9 Å². The van der Waals surface area contributed by atoms with Crippen LogP contribution in [0.15, 0.2) is 0 Å². The second kappa shape index (κ2) is 2.97. The van der Waals surface area contributed by atoms with Gasteiger partial charge in [-0.1, -0.05) is 0 Å². The highest BCUT2D eigenvalue weighted by molar-refractivity contribution is 4.79. The van der Waals surface area contributed by atoms with E-state index in [1.165, 1.54) is 0 Å². The predicted molar refractivity (Wildman–Crippen MR) is 33.8 cm³/mol. The van der Waals surface area contributed by atoms with Gasteiger partial charge in [0.2, 0.25) is 0 Å². The lowest BCUT2D eigenvalue weighted by atomic mass is 10.0. The molecule has 0 fully saturated rings. The summed E-state index contributed by atoms with van der Waals surface area (Å²) in [6.45, 7) is 2.14. The molecule has 11 heavy (non-hydrogen) atoms. The molecule has 1 unspecified atom stereocenters. The lowest BCUT2D eigenvalue weighted by Gasteiger charge is -2.21. The van der Waals surface area contributed by atoms with E-state index >= 15 is 0 Å². The number of hydrogen-bond acceptors (Lipinski definition) is 1. The first-order valence-electron chi connectivity index (χ1n) is 3.14. The molecule has 1 nitrogen and oxygen atoms in total. The van der Waals surface area contributed by atoms with Crippen molar-refractivity contribution in [3.8, 4) is 0 Å². The molecule has 0 spiro atoms. The molecule has 0 aliphatic carbocycles. The molecule has 0 amide bonds. The standard InChI is InChI=1S/C6H11F4N/c1-5(2,7)3-4(11)6(8,9)10/h4H,3,11H2,1-2H3. The molecule has 2 N–H and O–H groups in total. The largest absolute Gasteiger partial charge is 0.403 e. The second-order valence-corrected chi connectivity index (χ2v) is 3.07. The van der Waals surface area contributed by atoms with Crippen molar-refractivity contribution in [2.24, 2.45) is 5.73 Å². The zero-order valence-electron chi connectivity index (χ0n) is 6.37. The molecule has 0 radical (unpaired) electrons. The average Bonchev–Trinajstić information content (AvgIpc) is 1.56. The summed E-state index contributed by atoms with van der Waals surface area (Å²) in [5.74, 6) is 0. The minimum Gasteiger partial charge on any atom is -0.320 e. The van der Waals surface area contributed by atoms with Gasteiger partial charge in [-0.3, -0.25) is 0 Å². The molecule has 1 atom stereocenters. The quantitative estimate of drug-likeness (QED) is 0.635. The summed E-state index contributed by atoms with van der Waals surface area (Å²) in [4.78, 5) is 0. The predicted octanol–water partition coefficient (Wildman–Crippen LogP) is 2.01. The minimum atomic E-state index is -4.50. The van der Waals surface area contributed by atoms with Gasteiger partial charge in [0.05, 0.1) is 0 Å². The van der Waals surface area contributed by atoms with Crippen LogP contribution in [-0.2, 0) is 0 Å². The summed E-state index contributed by atoms with van der Waals surface area (Å²) in [6, 6.07) is -2.07. The summed E-state index contributed by atoms with van der Waals surface area (Å²) >= 11 is 0. The van der Waals surface area contributed by atoms with E-state index in [1.54, 1.807) is 0 Å².